The summed E-state index contributed by atoms with van der Waals surface area (Å²) >= 11 is 0. The summed E-state index contributed by atoms with van der Waals surface area (Å²) < 4.78 is 0. The van der Waals surface area contributed by atoms with Gasteiger partial charge in [-0.05, 0) is 81.1 Å². The van der Waals surface area contributed by atoms with Gasteiger partial charge < -0.3 is 11.1 Å². The average Bonchev–Trinajstić information content (AvgIpc) is 2.47. The smallest absolute Gasteiger partial charge is 0.226 e. The minimum atomic E-state index is -0.0173. The Hall–Kier alpha value is -0.570. The highest BCUT2D eigenvalue weighted by molar-refractivity contribution is 5.83. The first-order chi connectivity index (χ1) is 10.0. The van der Waals surface area contributed by atoms with E-state index in [9.17, 15) is 4.79 Å². The molecule has 0 heterocycles. The van der Waals surface area contributed by atoms with E-state index in [1.807, 2.05) is 0 Å². The second-order valence-electron chi connectivity index (χ2n) is 8.29. The van der Waals surface area contributed by atoms with E-state index in [0.717, 1.165) is 56.4 Å². The Morgan fingerprint density at radius 1 is 1.10 bits per heavy atom. The lowest BCUT2D eigenvalue weighted by Gasteiger charge is -2.55. The van der Waals surface area contributed by atoms with Gasteiger partial charge in [0.2, 0.25) is 5.91 Å². The van der Waals surface area contributed by atoms with E-state index in [1.165, 1.54) is 19.3 Å². The van der Waals surface area contributed by atoms with Gasteiger partial charge in [-0.1, -0.05) is 13.8 Å². The Balaban J connectivity index is 1.66. The fourth-order valence-electron chi connectivity index (χ4n) is 5.70. The minimum absolute atomic E-state index is 0.0173. The third kappa shape index (κ3) is 2.62. The number of rotatable bonds is 6. The van der Waals surface area contributed by atoms with Crippen molar-refractivity contribution in [2.45, 2.75) is 65.2 Å². The molecule has 4 aliphatic carbocycles. The molecule has 4 fully saturated rings. The fraction of sp³-hybridized carbons (Fsp3) is 0.944. The molecular weight excluding hydrogens is 260 g/mol. The van der Waals surface area contributed by atoms with Crippen LogP contribution >= 0.6 is 0 Å². The highest BCUT2D eigenvalue weighted by atomic mass is 16.2. The van der Waals surface area contributed by atoms with Gasteiger partial charge >= 0.3 is 0 Å². The quantitative estimate of drug-likeness (QED) is 0.790. The van der Waals surface area contributed by atoms with Crippen LogP contribution in [0.2, 0.25) is 0 Å². The maximum absolute atomic E-state index is 12.9. The zero-order valence-corrected chi connectivity index (χ0v) is 13.8. The standard InChI is InChI=1S/C18H32N2O/c1-3-17(4-2,11-19)12-20-16(21)18-8-13-5-14(9-18)7-15(6-13)10-18/h13-15H,3-12,19H2,1-2H3,(H,20,21). The van der Waals surface area contributed by atoms with Crippen LogP contribution in [-0.2, 0) is 4.79 Å². The number of hydrogen-bond donors (Lipinski definition) is 2. The van der Waals surface area contributed by atoms with Crippen molar-refractivity contribution in [2.24, 2.45) is 34.3 Å². The number of hydrogen-bond acceptors (Lipinski definition) is 2. The van der Waals surface area contributed by atoms with Crippen molar-refractivity contribution in [3.63, 3.8) is 0 Å². The molecule has 0 aromatic heterocycles. The fourth-order valence-corrected chi connectivity index (χ4v) is 5.70. The zero-order valence-electron chi connectivity index (χ0n) is 13.8. The van der Waals surface area contributed by atoms with Crippen LogP contribution in [0.25, 0.3) is 0 Å². The molecule has 0 saturated heterocycles. The topological polar surface area (TPSA) is 55.1 Å². The van der Waals surface area contributed by atoms with Gasteiger partial charge in [0, 0.05) is 12.0 Å². The molecule has 3 N–H and O–H groups in total. The Kier molecular flexibility index (Phi) is 4.06. The molecule has 0 aromatic carbocycles. The van der Waals surface area contributed by atoms with Crippen molar-refractivity contribution in [1.29, 1.82) is 0 Å². The normalized spacial score (nSPS) is 37.8. The predicted octanol–water partition coefficient (Wildman–Crippen LogP) is 3.08. The molecule has 4 rings (SSSR count). The summed E-state index contributed by atoms with van der Waals surface area (Å²) in [4.78, 5) is 12.9. The molecule has 4 aliphatic rings. The molecule has 3 nitrogen and oxygen atoms in total. The number of nitrogens with one attached hydrogen (secondary N) is 1. The molecule has 0 aromatic rings. The molecule has 0 unspecified atom stereocenters. The van der Waals surface area contributed by atoms with E-state index in [2.05, 4.69) is 19.2 Å². The van der Waals surface area contributed by atoms with Crippen molar-refractivity contribution in [2.75, 3.05) is 13.1 Å². The number of carbonyl (C=O) groups is 1. The molecule has 3 heteroatoms. The molecule has 120 valence electrons. The van der Waals surface area contributed by atoms with Gasteiger partial charge in [0.1, 0.15) is 0 Å². The summed E-state index contributed by atoms with van der Waals surface area (Å²) in [5.74, 6) is 2.84. The Bertz CT molecular complexity index is 356. The van der Waals surface area contributed by atoms with Gasteiger partial charge in [-0.3, -0.25) is 4.79 Å². The molecule has 4 saturated carbocycles. The van der Waals surface area contributed by atoms with Crippen LogP contribution < -0.4 is 11.1 Å². The minimum Gasteiger partial charge on any atom is -0.355 e. The van der Waals surface area contributed by atoms with Crippen LogP contribution in [0.1, 0.15) is 65.2 Å². The van der Waals surface area contributed by atoms with E-state index < -0.39 is 0 Å². The van der Waals surface area contributed by atoms with Crippen LogP contribution in [0.3, 0.4) is 0 Å². The molecule has 0 aliphatic heterocycles. The number of nitrogens with two attached hydrogens (primary N) is 1. The average molecular weight is 292 g/mol. The molecule has 4 bridgehead atoms. The van der Waals surface area contributed by atoms with Crippen LogP contribution in [0, 0.1) is 28.6 Å². The molecule has 0 spiro atoms. The lowest BCUT2D eigenvalue weighted by Crippen LogP contribution is -2.55. The molecule has 21 heavy (non-hydrogen) atoms. The summed E-state index contributed by atoms with van der Waals surface area (Å²) in [5.41, 5.74) is 6.05. The summed E-state index contributed by atoms with van der Waals surface area (Å²) in [6.45, 7) is 5.80. The third-order valence-electron chi connectivity index (χ3n) is 7.08. The maximum atomic E-state index is 12.9. The molecule has 1 amide bonds. The van der Waals surface area contributed by atoms with E-state index >= 15 is 0 Å². The van der Waals surface area contributed by atoms with Gasteiger partial charge in [0.05, 0.1) is 0 Å². The van der Waals surface area contributed by atoms with Gasteiger partial charge in [0.15, 0.2) is 0 Å². The highest BCUT2D eigenvalue weighted by Gasteiger charge is 2.54. The van der Waals surface area contributed by atoms with Crippen LogP contribution in [0.15, 0.2) is 0 Å². The number of carbonyl (C=O) groups excluding carboxylic acids is 1. The van der Waals surface area contributed by atoms with E-state index in [1.54, 1.807) is 0 Å². The molecular formula is C18H32N2O. The van der Waals surface area contributed by atoms with Crippen molar-refractivity contribution in [3.8, 4) is 0 Å². The molecule has 0 radical (unpaired) electrons. The van der Waals surface area contributed by atoms with Gasteiger partial charge in [-0.15, -0.1) is 0 Å². The van der Waals surface area contributed by atoms with Gasteiger partial charge in [-0.25, -0.2) is 0 Å². The second-order valence-corrected chi connectivity index (χ2v) is 8.29. The van der Waals surface area contributed by atoms with Crippen molar-refractivity contribution >= 4 is 5.91 Å². The third-order valence-corrected chi connectivity index (χ3v) is 7.08. The number of amides is 1. The zero-order chi connectivity index (χ0) is 15.1. The first kappa shape index (κ1) is 15.3. The first-order valence-corrected chi connectivity index (χ1v) is 9.03. The summed E-state index contributed by atoms with van der Waals surface area (Å²) in [6.07, 6.45) is 9.72. The highest BCUT2D eigenvalue weighted by Crippen LogP contribution is 2.60. The van der Waals surface area contributed by atoms with E-state index in [4.69, 9.17) is 5.73 Å². The van der Waals surface area contributed by atoms with Crippen LogP contribution in [0.5, 0.6) is 0 Å². The largest absolute Gasteiger partial charge is 0.355 e. The molecule has 0 atom stereocenters. The van der Waals surface area contributed by atoms with Crippen molar-refractivity contribution < 1.29 is 4.79 Å². The van der Waals surface area contributed by atoms with Crippen LogP contribution in [0.4, 0.5) is 0 Å². The summed E-state index contributed by atoms with van der Waals surface area (Å²) in [5, 5.41) is 3.31. The van der Waals surface area contributed by atoms with E-state index in [0.29, 0.717) is 12.5 Å². The summed E-state index contributed by atoms with van der Waals surface area (Å²) in [6, 6.07) is 0. The Labute approximate surface area is 129 Å². The van der Waals surface area contributed by atoms with Crippen molar-refractivity contribution in [3.05, 3.63) is 0 Å². The SMILES string of the molecule is CCC(CC)(CN)CNC(=O)C12CC3CC(CC(C3)C1)C2. The van der Waals surface area contributed by atoms with Gasteiger partial charge in [-0.2, -0.15) is 0 Å². The van der Waals surface area contributed by atoms with Crippen LogP contribution in [-0.4, -0.2) is 19.0 Å². The first-order valence-electron chi connectivity index (χ1n) is 9.03. The van der Waals surface area contributed by atoms with E-state index in [-0.39, 0.29) is 10.8 Å². The second kappa shape index (κ2) is 5.57. The lowest BCUT2D eigenvalue weighted by molar-refractivity contribution is -0.146. The Morgan fingerprint density at radius 2 is 1.57 bits per heavy atom. The predicted molar refractivity (Wildman–Crippen MR) is 85.7 cm³/mol. The van der Waals surface area contributed by atoms with Gasteiger partial charge in [0.25, 0.3) is 0 Å². The summed E-state index contributed by atoms with van der Waals surface area (Å²) in [7, 11) is 0. The monoisotopic (exact) mass is 292 g/mol. The van der Waals surface area contributed by atoms with Crippen molar-refractivity contribution in [1.82, 2.24) is 5.32 Å². The Morgan fingerprint density at radius 3 is 1.95 bits per heavy atom. The lowest BCUT2D eigenvalue weighted by atomic mass is 9.49. The maximum Gasteiger partial charge on any atom is 0.226 e.